The molecule has 180 valence electrons. The fourth-order valence-corrected chi connectivity index (χ4v) is 4.13. The number of benzene rings is 1. The van der Waals surface area contributed by atoms with Gasteiger partial charge in [0.2, 0.25) is 11.9 Å². The Bertz CT molecular complexity index is 1240. The topological polar surface area (TPSA) is 137 Å². The number of nitriles is 1. The third-order valence-corrected chi connectivity index (χ3v) is 6.10. The normalized spacial score (nSPS) is 13.9. The van der Waals surface area contributed by atoms with Gasteiger partial charge in [0.05, 0.1) is 29.7 Å². The first kappa shape index (κ1) is 24.0. The number of aryl methyl sites for hydroxylation is 1. The molecule has 0 saturated carbocycles. The number of anilines is 2. The Morgan fingerprint density at radius 2 is 1.94 bits per heavy atom. The molecule has 1 aliphatic heterocycles. The van der Waals surface area contributed by atoms with Crippen LogP contribution in [-0.4, -0.2) is 61.1 Å². The van der Waals surface area contributed by atoms with Crippen LogP contribution in [0, 0.1) is 18.3 Å². The van der Waals surface area contributed by atoms with Gasteiger partial charge in [0, 0.05) is 49.5 Å². The molecule has 2 N–H and O–H groups in total. The number of piperidine rings is 1. The lowest BCUT2D eigenvalue weighted by molar-refractivity contribution is -0.135. The molecule has 1 aromatic carbocycles. The average Bonchev–Trinajstić information content (AvgIpc) is 3.36. The average molecular weight is 474 g/mol. The van der Waals surface area contributed by atoms with Crippen LogP contribution in [0.4, 0.5) is 11.6 Å². The van der Waals surface area contributed by atoms with E-state index >= 15 is 0 Å². The van der Waals surface area contributed by atoms with E-state index < -0.39 is 6.61 Å². The number of hydrogen-bond donors (Lipinski definition) is 2. The van der Waals surface area contributed by atoms with Crippen LogP contribution in [0.15, 0.2) is 42.9 Å². The van der Waals surface area contributed by atoms with E-state index in [2.05, 4.69) is 20.4 Å². The van der Waals surface area contributed by atoms with E-state index in [-0.39, 0.29) is 30.6 Å². The molecular formula is C25H27N7O3. The highest BCUT2D eigenvalue weighted by atomic mass is 16.3. The Kier molecular flexibility index (Phi) is 7.48. The van der Waals surface area contributed by atoms with Gasteiger partial charge in [0.1, 0.15) is 6.61 Å². The van der Waals surface area contributed by atoms with Gasteiger partial charge in [-0.25, -0.2) is 9.97 Å². The van der Waals surface area contributed by atoms with Gasteiger partial charge in [0.15, 0.2) is 5.78 Å². The molecule has 3 aromatic rings. The third-order valence-electron chi connectivity index (χ3n) is 6.10. The van der Waals surface area contributed by atoms with E-state index in [1.165, 1.54) is 0 Å². The van der Waals surface area contributed by atoms with Crippen molar-refractivity contribution >= 4 is 23.3 Å². The van der Waals surface area contributed by atoms with Gasteiger partial charge in [0.25, 0.3) is 0 Å². The molecule has 0 atom stereocenters. The molecule has 10 nitrogen and oxygen atoms in total. The minimum atomic E-state index is -0.455. The maximum absolute atomic E-state index is 12.1. The Balaban J connectivity index is 1.43. The van der Waals surface area contributed by atoms with Gasteiger partial charge in [-0.3, -0.25) is 14.3 Å². The standard InChI is InChI=1S/C25H27N7O3/c1-17-13-27-25(30-24(17)19-6-4-18(5-7-19)22(34)3-2-10-26)29-20-14-28-32(15-20)21-8-11-31(12-9-21)23(35)16-33/h4-7,13-15,21,33H,2-3,8-9,11-12,16H2,1H3,(H,27,29,30). The number of carbonyl (C=O) groups is 2. The second kappa shape index (κ2) is 10.9. The fourth-order valence-electron chi connectivity index (χ4n) is 4.13. The van der Waals surface area contributed by atoms with Gasteiger partial charge in [-0.15, -0.1) is 0 Å². The van der Waals surface area contributed by atoms with E-state index in [0.29, 0.717) is 24.6 Å². The van der Waals surface area contributed by atoms with Crippen LogP contribution < -0.4 is 5.32 Å². The summed E-state index contributed by atoms with van der Waals surface area (Å²) in [5, 5.41) is 25.4. The lowest BCUT2D eigenvalue weighted by atomic mass is 10.0. The molecule has 4 rings (SSSR count). The molecule has 1 amide bonds. The predicted molar refractivity (Wildman–Crippen MR) is 129 cm³/mol. The summed E-state index contributed by atoms with van der Waals surface area (Å²) in [5.74, 6) is 0.143. The Morgan fingerprint density at radius 1 is 1.20 bits per heavy atom. The summed E-state index contributed by atoms with van der Waals surface area (Å²) in [5.41, 5.74) is 3.86. The van der Waals surface area contributed by atoms with Crippen LogP contribution in [0.25, 0.3) is 11.3 Å². The molecule has 0 unspecified atom stereocenters. The molecule has 0 bridgehead atoms. The molecule has 0 aliphatic carbocycles. The number of rotatable bonds is 8. The summed E-state index contributed by atoms with van der Waals surface area (Å²) in [6.45, 7) is 2.67. The van der Waals surface area contributed by atoms with Gasteiger partial charge in [-0.2, -0.15) is 10.4 Å². The molecule has 35 heavy (non-hydrogen) atoms. The fraction of sp³-hybridized carbons (Fsp3) is 0.360. The summed E-state index contributed by atoms with van der Waals surface area (Å²) in [7, 11) is 0. The highest BCUT2D eigenvalue weighted by molar-refractivity contribution is 5.96. The largest absolute Gasteiger partial charge is 0.387 e. The quantitative estimate of drug-likeness (QED) is 0.476. The van der Waals surface area contributed by atoms with Crippen molar-refractivity contribution in [3.63, 3.8) is 0 Å². The molecule has 1 fully saturated rings. The summed E-state index contributed by atoms with van der Waals surface area (Å²) in [4.78, 5) is 34.5. The van der Waals surface area contributed by atoms with Crippen molar-refractivity contribution in [3.8, 4) is 17.3 Å². The van der Waals surface area contributed by atoms with Crippen LogP contribution in [-0.2, 0) is 4.79 Å². The van der Waals surface area contributed by atoms with Crippen LogP contribution in [0.1, 0.15) is 47.6 Å². The van der Waals surface area contributed by atoms with Crippen molar-refractivity contribution in [2.75, 3.05) is 25.0 Å². The monoisotopic (exact) mass is 473 g/mol. The molecule has 1 saturated heterocycles. The number of carbonyl (C=O) groups excluding carboxylic acids is 2. The van der Waals surface area contributed by atoms with Crippen molar-refractivity contribution in [1.29, 1.82) is 5.26 Å². The van der Waals surface area contributed by atoms with Crippen molar-refractivity contribution in [1.82, 2.24) is 24.6 Å². The third kappa shape index (κ3) is 5.70. The highest BCUT2D eigenvalue weighted by Gasteiger charge is 2.24. The van der Waals surface area contributed by atoms with Gasteiger partial charge < -0.3 is 15.3 Å². The summed E-state index contributed by atoms with van der Waals surface area (Å²) < 4.78 is 1.89. The van der Waals surface area contributed by atoms with E-state index in [0.717, 1.165) is 35.3 Å². The number of aromatic nitrogens is 4. The smallest absolute Gasteiger partial charge is 0.248 e. The first-order valence-corrected chi connectivity index (χ1v) is 11.5. The lowest BCUT2D eigenvalue weighted by Gasteiger charge is -2.31. The van der Waals surface area contributed by atoms with E-state index in [1.807, 2.05) is 36.0 Å². The number of aliphatic hydroxyl groups excluding tert-OH is 1. The molecule has 10 heteroatoms. The van der Waals surface area contributed by atoms with Crippen LogP contribution in [0.3, 0.4) is 0 Å². The second-order valence-corrected chi connectivity index (χ2v) is 8.49. The SMILES string of the molecule is Cc1cnc(Nc2cnn(C3CCN(C(=O)CO)CC3)c2)nc1-c1ccc(C(=O)CCC#N)cc1. The molecular weight excluding hydrogens is 446 g/mol. The molecule has 0 spiro atoms. The minimum absolute atomic E-state index is 0.0532. The van der Waals surface area contributed by atoms with Crippen molar-refractivity contribution in [2.45, 2.75) is 38.6 Å². The molecule has 1 aliphatic rings. The molecule has 3 heterocycles. The summed E-state index contributed by atoms with van der Waals surface area (Å²) in [6.07, 6.45) is 7.33. The maximum atomic E-state index is 12.1. The second-order valence-electron chi connectivity index (χ2n) is 8.49. The van der Waals surface area contributed by atoms with Crippen LogP contribution in [0.2, 0.25) is 0 Å². The van der Waals surface area contributed by atoms with E-state index in [4.69, 9.17) is 10.4 Å². The Morgan fingerprint density at radius 3 is 2.63 bits per heavy atom. The lowest BCUT2D eigenvalue weighted by Crippen LogP contribution is -2.40. The maximum Gasteiger partial charge on any atom is 0.248 e. The number of nitrogens with zero attached hydrogens (tertiary/aromatic N) is 6. The van der Waals surface area contributed by atoms with Crippen molar-refractivity contribution in [3.05, 3.63) is 54.0 Å². The number of Topliss-reactive ketones (excluding diaryl/α,β-unsaturated/α-hetero) is 1. The number of amides is 1. The zero-order chi connectivity index (χ0) is 24.8. The van der Waals surface area contributed by atoms with Crippen molar-refractivity contribution < 1.29 is 14.7 Å². The van der Waals surface area contributed by atoms with Gasteiger partial charge >= 0.3 is 0 Å². The predicted octanol–water partition coefficient (Wildman–Crippen LogP) is 3.03. The van der Waals surface area contributed by atoms with Crippen molar-refractivity contribution in [2.24, 2.45) is 0 Å². The van der Waals surface area contributed by atoms with Gasteiger partial charge in [-0.05, 0) is 25.3 Å². The Labute approximate surface area is 203 Å². The van der Waals surface area contributed by atoms with Crippen LogP contribution >= 0.6 is 0 Å². The molecule has 0 radical (unpaired) electrons. The zero-order valence-corrected chi connectivity index (χ0v) is 19.5. The minimum Gasteiger partial charge on any atom is -0.387 e. The number of hydrogen-bond acceptors (Lipinski definition) is 8. The highest BCUT2D eigenvalue weighted by Crippen LogP contribution is 2.26. The number of ketones is 1. The first-order valence-electron chi connectivity index (χ1n) is 11.5. The van der Waals surface area contributed by atoms with E-state index in [9.17, 15) is 9.59 Å². The molecule has 2 aromatic heterocycles. The van der Waals surface area contributed by atoms with Crippen LogP contribution in [0.5, 0.6) is 0 Å². The zero-order valence-electron chi connectivity index (χ0n) is 19.5. The first-order chi connectivity index (χ1) is 17.0. The summed E-state index contributed by atoms with van der Waals surface area (Å²) >= 11 is 0. The Hall–Kier alpha value is -4.10. The summed E-state index contributed by atoms with van der Waals surface area (Å²) in [6, 6.07) is 9.39. The van der Waals surface area contributed by atoms with Gasteiger partial charge in [-0.1, -0.05) is 24.3 Å². The number of nitrogens with one attached hydrogen (secondary N) is 1. The number of likely N-dealkylation sites (tertiary alicyclic amines) is 1. The number of aliphatic hydroxyl groups is 1. The van der Waals surface area contributed by atoms with E-state index in [1.54, 1.807) is 29.4 Å².